The number of aliphatic carboxylic acids is 1. The highest BCUT2D eigenvalue weighted by Crippen LogP contribution is 2.34. The average Bonchev–Trinajstić information content (AvgIpc) is 2.72. The van der Waals surface area contributed by atoms with E-state index in [1.807, 2.05) is 70.2 Å². The molecule has 7 nitrogen and oxygen atoms in total. The van der Waals surface area contributed by atoms with Crippen LogP contribution in [-0.2, 0) is 9.53 Å². The number of carboxylic acids is 1. The number of hydrogen-bond acceptors (Lipinski definition) is 4. The molecule has 1 saturated heterocycles. The number of ether oxygens (including phenoxy) is 1. The highest BCUT2D eigenvalue weighted by atomic mass is 16.5. The number of morpholine rings is 1. The molecular weight excluding hydrogens is 406 g/mol. The Balaban J connectivity index is 1.89. The molecule has 1 fully saturated rings. The minimum Gasteiger partial charge on any atom is -0.481 e. The Morgan fingerprint density at radius 1 is 1.09 bits per heavy atom. The molecule has 7 heteroatoms. The fraction of sp³-hybridized carbons (Fsp3) is 0.440. The van der Waals surface area contributed by atoms with Gasteiger partial charge in [-0.25, -0.2) is 4.79 Å². The molecule has 3 atom stereocenters. The number of amides is 2. The second-order valence-electron chi connectivity index (χ2n) is 8.59. The largest absolute Gasteiger partial charge is 0.481 e. The van der Waals surface area contributed by atoms with Gasteiger partial charge in [-0.15, -0.1) is 0 Å². The van der Waals surface area contributed by atoms with Crippen molar-refractivity contribution in [3.05, 3.63) is 53.6 Å². The third-order valence-corrected chi connectivity index (χ3v) is 5.72. The van der Waals surface area contributed by atoms with Gasteiger partial charge in [-0.2, -0.15) is 0 Å². The number of urea groups is 1. The van der Waals surface area contributed by atoms with Crippen molar-refractivity contribution in [3.8, 4) is 0 Å². The number of carbonyl (C=O) groups excluding carboxylic acids is 1. The van der Waals surface area contributed by atoms with Gasteiger partial charge in [0.2, 0.25) is 0 Å². The van der Waals surface area contributed by atoms with Gasteiger partial charge in [0.25, 0.3) is 0 Å². The Kier molecular flexibility index (Phi) is 7.75. The molecule has 2 aromatic carbocycles. The molecule has 3 rings (SSSR count). The smallest absolute Gasteiger partial charge is 0.323 e. The molecule has 1 aliphatic heterocycles. The first-order valence-corrected chi connectivity index (χ1v) is 11.2. The van der Waals surface area contributed by atoms with E-state index in [2.05, 4.69) is 15.5 Å². The van der Waals surface area contributed by atoms with E-state index in [9.17, 15) is 14.7 Å². The van der Waals surface area contributed by atoms with E-state index >= 15 is 0 Å². The van der Waals surface area contributed by atoms with Gasteiger partial charge in [0.05, 0.1) is 30.0 Å². The second-order valence-corrected chi connectivity index (χ2v) is 8.59. The third kappa shape index (κ3) is 6.23. The second kappa shape index (κ2) is 10.5. The van der Waals surface area contributed by atoms with Gasteiger partial charge in [-0.05, 0) is 62.9 Å². The highest BCUT2D eigenvalue weighted by molar-refractivity contribution is 6.02. The van der Waals surface area contributed by atoms with Crippen molar-refractivity contribution in [2.24, 2.45) is 0 Å². The molecule has 0 saturated carbocycles. The summed E-state index contributed by atoms with van der Waals surface area (Å²) < 4.78 is 5.86. The normalized spacial score (nSPS) is 19.3. The zero-order valence-corrected chi connectivity index (χ0v) is 19.2. The number of nitrogens with zero attached hydrogens (tertiary/aromatic N) is 1. The van der Waals surface area contributed by atoms with Crippen molar-refractivity contribution in [2.75, 3.05) is 28.6 Å². The molecule has 2 amide bonds. The Morgan fingerprint density at radius 3 is 2.34 bits per heavy atom. The summed E-state index contributed by atoms with van der Waals surface area (Å²) in [6.07, 6.45) is 0.897. The van der Waals surface area contributed by atoms with Crippen LogP contribution in [0.15, 0.2) is 42.5 Å². The number of carboxylic acid groups (broad SMARTS) is 1. The molecule has 0 aromatic heterocycles. The van der Waals surface area contributed by atoms with Crippen molar-refractivity contribution < 1.29 is 19.4 Å². The lowest BCUT2D eigenvalue weighted by molar-refractivity contribution is -0.137. The number of aryl methyl sites for hydroxylation is 1. The van der Waals surface area contributed by atoms with Gasteiger partial charge in [-0.3, -0.25) is 4.79 Å². The summed E-state index contributed by atoms with van der Waals surface area (Å²) >= 11 is 0. The molecule has 0 aliphatic carbocycles. The predicted molar refractivity (Wildman–Crippen MR) is 128 cm³/mol. The van der Waals surface area contributed by atoms with Crippen molar-refractivity contribution >= 4 is 29.1 Å². The standard InChI is InChI=1S/C25H33N3O4/c1-5-19(13-24(29)30)20-8-11-23(28-14-17(3)32-18(4)15-28)22(12-20)27-25(31)26-21-9-6-16(2)7-10-21/h6-12,17-19H,5,13-15H2,1-4H3,(H,29,30)(H2,26,27,31)/t17-,18+,19?. The Labute approximate surface area is 189 Å². The van der Waals surface area contributed by atoms with E-state index in [1.54, 1.807) is 0 Å². The Hall–Kier alpha value is -3.06. The van der Waals surface area contributed by atoms with Crippen LogP contribution in [0.1, 0.15) is 50.7 Å². The van der Waals surface area contributed by atoms with E-state index in [-0.39, 0.29) is 30.6 Å². The quantitative estimate of drug-likeness (QED) is 0.550. The maximum Gasteiger partial charge on any atom is 0.323 e. The zero-order valence-electron chi connectivity index (χ0n) is 19.2. The van der Waals surface area contributed by atoms with Crippen LogP contribution in [0, 0.1) is 6.92 Å². The van der Waals surface area contributed by atoms with Crippen molar-refractivity contribution in [1.29, 1.82) is 0 Å². The first kappa shape index (κ1) is 23.6. The lowest BCUT2D eigenvalue weighted by Crippen LogP contribution is -2.45. The molecule has 0 radical (unpaired) electrons. The van der Waals surface area contributed by atoms with Crippen LogP contribution in [0.2, 0.25) is 0 Å². The maximum atomic E-state index is 12.8. The third-order valence-electron chi connectivity index (χ3n) is 5.72. The number of carbonyl (C=O) groups is 2. The maximum absolute atomic E-state index is 12.8. The fourth-order valence-electron chi connectivity index (χ4n) is 4.19. The number of rotatable bonds is 7. The van der Waals surface area contributed by atoms with Crippen LogP contribution in [0.3, 0.4) is 0 Å². The molecule has 1 unspecified atom stereocenters. The minimum atomic E-state index is -0.830. The van der Waals surface area contributed by atoms with E-state index in [4.69, 9.17) is 4.74 Å². The van der Waals surface area contributed by atoms with E-state index in [0.717, 1.165) is 16.8 Å². The van der Waals surface area contributed by atoms with Crippen molar-refractivity contribution in [3.63, 3.8) is 0 Å². The van der Waals surface area contributed by atoms with Crippen molar-refractivity contribution in [1.82, 2.24) is 0 Å². The molecule has 0 bridgehead atoms. The lowest BCUT2D eigenvalue weighted by atomic mass is 9.92. The van der Waals surface area contributed by atoms with Crippen LogP contribution >= 0.6 is 0 Å². The minimum absolute atomic E-state index is 0.0521. The van der Waals surface area contributed by atoms with E-state index < -0.39 is 5.97 Å². The molecule has 1 heterocycles. The number of benzene rings is 2. The lowest BCUT2D eigenvalue weighted by Gasteiger charge is -2.38. The molecule has 2 aromatic rings. The van der Waals surface area contributed by atoms with Gasteiger partial charge in [0.15, 0.2) is 0 Å². The zero-order chi connectivity index (χ0) is 23.3. The summed E-state index contributed by atoms with van der Waals surface area (Å²) in [4.78, 5) is 26.3. The van der Waals surface area contributed by atoms with Crippen LogP contribution in [0.4, 0.5) is 21.9 Å². The number of hydrogen-bond donors (Lipinski definition) is 3. The SMILES string of the molecule is CCC(CC(=O)O)c1ccc(N2C[C@@H](C)O[C@@H](C)C2)c(NC(=O)Nc2ccc(C)cc2)c1. The summed E-state index contributed by atoms with van der Waals surface area (Å²) in [7, 11) is 0. The first-order chi connectivity index (χ1) is 15.2. The summed E-state index contributed by atoms with van der Waals surface area (Å²) in [5.41, 5.74) is 4.29. The summed E-state index contributed by atoms with van der Waals surface area (Å²) in [5.74, 6) is -0.951. The first-order valence-electron chi connectivity index (χ1n) is 11.2. The summed E-state index contributed by atoms with van der Waals surface area (Å²) in [6, 6.07) is 13.1. The van der Waals surface area contributed by atoms with Gasteiger partial charge in [0, 0.05) is 18.8 Å². The van der Waals surface area contributed by atoms with Gasteiger partial charge < -0.3 is 25.4 Å². The highest BCUT2D eigenvalue weighted by Gasteiger charge is 2.25. The number of nitrogens with one attached hydrogen (secondary N) is 2. The van der Waals surface area contributed by atoms with Gasteiger partial charge in [-0.1, -0.05) is 30.7 Å². The van der Waals surface area contributed by atoms with E-state index in [0.29, 0.717) is 30.9 Å². The van der Waals surface area contributed by atoms with Gasteiger partial charge >= 0.3 is 12.0 Å². The van der Waals surface area contributed by atoms with E-state index in [1.165, 1.54) is 0 Å². The van der Waals surface area contributed by atoms with Crippen molar-refractivity contribution in [2.45, 2.75) is 58.7 Å². The predicted octanol–water partition coefficient (Wildman–Crippen LogP) is 5.22. The fourth-order valence-corrected chi connectivity index (χ4v) is 4.19. The number of anilines is 3. The van der Waals surface area contributed by atoms with Crippen LogP contribution in [0.5, 0.6) is 0 Å². The summed E-state index contributed by atoms with van der Waals surface area (Å²) in [5, 5.41) is 15.2. The Morgan fingerprint density at radius 2 is 1.75 bits per heavy atom. The van der Waals surface area contributed by atoms with Crippen LogP contribution in [0.25, 0.3) is 0 Å². The average molecular weight is 440 g/mol. The topological polar surface area (TPSA) is 90.9 Å². The van der Waals surface area contributed by atoms with Crippen LogP contribution < -0.4 is 15.5 Å². The molecular formula is C25H33N3O4. The molecule has 0 spiro atoms. The molecule has 1 aliphatic rings. The summed E-state index contributed by atoms with van der Waals surface area (Å²) in [6.45, 7) is 9.47. The molecule has 172 valence electrons. The molecule has 3 N–H and O–H groups in total. The Bertz CT molecular complexity index is 935. The molecule has 32 heavy (non-hydrogen) atoms. The van der Waals surface area contributed by atoms with Crippen LogP contribution in [-0.4, -0.2) is 42.4 Å². The monoisotopic (exact) mass is 439 g/mol. The van der Waals surface area contributed by atoms with Gasteiger partial charge in [0.1, 0.15) is 0 Å².